The zero-order chi connectivity index (χ0) is 23.9. The molecule has 0 atom stereocenters. The van der Waals surface area contributed by atoms with Crippen molar-refractivity contribution < 1.29 is 0 Å². The molecule has 0 saturated heterocycles. The van der Waals surface area contributed by atoms with Crippen molar-refractivity contribution in [2.24, 2.45) is 5.92 Å². The highest BCUT2D eigenvalue weighted by Gasteiger charge is 2.05. The maximum Gasteiger partial charge on any atom is -0.0302 e. The minimum absolute atomic E-state index is 0.929. The van der Waals surface area contributed by atoms with Crippen LogP contribution in [0, 0.1) is 5.92 Å². The summed E-state index contributed by atoms with van der Waals surface area (Å²) < 4.78 is 0. The van der Waals surface area contributed by atoms with Gasteiger partial charge in [0.25, 0.3) is 0 Å². The van der Waals surface area contributed by atoms with Gasteiger partial charge in [-0.3, -0.25) is 0 Å². The first-order valence-corrected chi connectivity index (χ1v) is 11.7. The SMILES string of the molecule is C=C.C=CC(=C)\C=C/C(=C\C)/C=C/C.CC.CC1CCCCC1.CCC.CCC. The van der Waals surface area contributed by atoms with Crippen molar-refractivity contribution in [3.05, 3.63) is 73.9 Å². The van der Waals surface area contributed by atoms with E-state index in [1.54, 1.807) is 6.08 Å². The molecule has 0 aromatic heterocycles. The van der Waals surface area contributed by atoms with E-state index in [4.69, 9.17) is 0 Å². The maximum atomic E-state index is 3.78. The molecule has 1 fully saturated rings. The molecule has 0 N–H and O–H groups in total. The largest absolute Gasteiger partial charge is 0.106 e. The first-order valence-electron chi connectivity index (χ1n) is 11.7. The van der Waals surface area contributed by atoms with Crippen LogP contribution in [0.5, 0.6) is 0 Å². The van der Waals surface area contributed by atoms with Gasteiger partial charge in [0, 0.05) is 0 Å². The third-order valence-electron chi connectivity index (χ3n) is 3.34. The van der Waals surface area contributed by atoms with Gasteiger partial charge >= 0.3 is 0 Å². The van der Waals surface area contributed by atoms with Gasteiger partial charge in [0.15, 0.2) is 0 Å². The summed E-state index contributed by atoms with van der Waals surface area (Å²) in [5, 5.41) is 0. The van der Waals surface area contributed by atoms with E-state index >= 15 is 0 Å². The average molecular weight is 405 g/mol. The van der Waals surface area contributed by atoms with E-state index in [-0.39, 0.29) is 0 Å². The smallest absolute Gasteiger partial charge is 0.0302 e. The lowest BCUT2D eigenvalue weighted by Crippen LogP contribution is -1.99. The van der Waals surface area contributed by atoms with Gasteiger partial charge in [0.2, 0.25) is 0 Å². The second-order valence-corrected chi connectivity index (χ2v) is 6.56. The van der Waals surface area contributed by atoms with Crippen LogP contribution in [0.25, 0.3) is 0 Å². The van der Waals surface area contributed by atoms with Crippen LogP contribution >= 0.6 is 0 Å². The molecule has 1 aliphatic carbocycles. The van der Waals surface area contributed by atoms with Crippen LogP contribution in [-0.2, 0) is 0 Å². The monoisotopic (exact) mass is 404 g/mol. The molecule has 0 spiro atoms. The van der Waals surface area contributed by atoms with Crippen molar-refractivity contribution in [1.29, 1.82) is 0 Å². The van der Waals surface area contributed by atoms with Crippen LogP contribution < -0.4 is 0 Å². The second-order valence-electron chi connectivity index (χ2n) is 6.56. The third-order valence-corrected chi connectivity index (χ3v) is 3.34. The summed E-state index contributed by atoms with van der Waals surface area (Å²) in [7, 11) is 0. The van der Waals surface area contributed by atoms with Crippen LogP contribution in [0.3, 0.4) is 0 Å². The van der Waals surface area contributed by atoms with E-state index in [1.165, 1.54) is 50.5 Å². The molecule has 0 radical (unpaired) electrons. The minimum atomic E-state index is 0.929. The fraction of sp³-hybridized carbons (Fsp3) is 0.586. The highest BCUT2D eigenvalue weighted by molar-refractivity contribution is 5.36. The molecule has 0 nitrogen and oxygen atoms in total. The van der Waals surface area contributed by atoms with Crippen LogP contribution in [0.1, 0.15) is 107 Å². The van der Waals surface area contributed by atoms with E-state index in [0.717, 1.165) is 11.5 Å². The fourth-order valence-corrected chi connectivity index (χ4v) is 2.02. The molecule has 0 bridgehead atoms. The van der Waals surface area contributed by atoms with Crippen molar-refractivity contribution in [2.75, 3.05) is 0 Å². The number of rotatable bonds is 4. The van der Waals surface area contributed by atoms with Crippen molar-refractivity contribution in [3.8, 4) is 0 Å². The van der Waals surface area contributed by atoms with E-state index in [0.29, 0.717) is 0 Å². The molecule has 1 aliphatic rings. The summed E-state index contributed by atoms with van der Waals surface area (Å²) in [6.45, 7) is 32.3. The molecule has 29 heavy (non-hydrogen) atoms. The van der Waals surface area contributed by atoms with Gasteiger partial charge in [-0.15, -0.1) is 13.2 Å². The molecule has 1 saturated carbocycles. The lowest BCUT2D eigenvalue weighted by molar-refractivity contribution is 0.385. The minimum Gasteiger partial charge on any atom is -0.106 e. The normalized spacial score (nSPS) is 12.9. The highest BCUT2D eigenvalue weighted by atomic mass is 14.1. The lowest BCUT2D eigenvalue weighted by atomic mass is 9.91. The van der Waals surface area contributed by atoms with Crippen molar-refractivity contribution >= 4 is 0 Å². The standard InChI is InChI=1S/C12H16.C7H14.2C3H8.C2H6.C2H4/c1-5-8-12(7-3)10-9-11(4)6-2;1-7-5-3-2-4-6-7;2*1-3-2;2*1-2/h5-10H,2,4H2,1,3H3;7H,2-6H2,1H3;2*3H2,1-2H3;1-2H3;1-2H2/b8-5+,10-9-,12-7-;;;;;. The molecule has 1 rings (SSSR count). The summed E-state index contributed by atoms with van der Waals surface area (Å²) in [6, 6.07) is 0. The summed E-state index contributed by atoms with van der Waals surface area (Å²) >= 11 is 0. The Bertz CT molecular complexity index is 371. The molecule has 172 valence electrons. The summed E-state index contributed by atoms with van der Waals surface area (Å²) in [5.41, 5.74) is 2.11. The number of hydrogen-bond acceptors (Lipinski definition) is 0. The van der Waals surface area contributed by atoms with E-state index in [2.05, 4.69) is 60.9 Å². The molecular formula is C29H56. The Kier molecular flexibility index (Phi) is 53.8. The van der Waals surface area contributed by atoms with Gasteiger partial charge in [0.05, 0.1) is 0 Å². The van der Waals surface area contributed by atoms with Gasteiger partial charge < -0.3 is 0 Å². The Morgan fingerprint density at radius 3 is 1.48 bits per heavy atom. The van der Waals surface area contributed by atoms with Crippen LogP contribution in [0.4, 0.5) is 0 Å². The second kappa shape index (κ2) is 41.0. The van der Waals surface area contributed by atoms with Gasteiger partial charge in [-0.1, -0.05) is 143 Å². The van der Waals surface area contributed by atoms with Crippen LogP contribution in [0.15, 0.2) is 73.9 Å². The maximum absolute atomic E-state index is 3.78. The number of allylic oxidation sites excluding steroid dienone is 8. The lowest BCUT2D eigenvalue weighted by Gasteiger charge is -2.15. The zero-order valence-corrected chi connectivity index (χ0v) is 21.8. The average Bonchev–Trinajstić information content (AvgIpc) is 2.76. The third kappa shape index (κ3) is 46.4. The Hall–Kier alpha value is -1.56. The molecule has 0 heteroatoms. The molecule has 0 heterocycles. The van der Waals surface area contributed by atoms with E-state index < -0.39 is 0 Å². The first-order chi connectivity index (χ1) is 14.0. The van der Waals surface area contributed by atoms with Crippen LogP contribution in [0.2, 0.25) is 0 Å². The van der Waals surface area contributed by atoms with Gasteiger partial charge in [-0.25, -0.2) is 0 Å². The Morgan fingerprint density at radius 1 is 0.828 bits per heavy atom. The summed E-state index contributed by atoms with van der Waals surface area (Å²) in [5.74, 6) is 1.04. The predicted octanol–water partition coefficient (Wildman–Crippen LogP) is 11.1. The Morgan fingerprint density at radius 2 is 1.24 bits per heavy atom. The molecule has 0 amide bonds. The summed E-state index contributed by atoms with van der Waals surface area (Å²) in [6.07, 6.45) is 21.7. The zero-order valence-electron chi connectivity index (χ0n) is 21.8. The Labute approximate surface area is 187 Å². The van der Waals surface area contributed by atoms with Gasteiger partial charge in [-0.2, -0.15) is 0 Å². The molecule has 0 aromatic rings. The Balaban J connectivity index is -0.0000000955. The van der Waals surface area contributed by atoms with Crippen LogP contribution in [-0.4, -0.2) is 0 Å². The molecule has 0 aromatic carbocycles. The molecular weight excluding hydrogens is 348 g/mol. The summed E-state index contributed by atoms with van der Waals surface area (Å²) in [4.78, 5) is 0. The topological polar surface area (TPSA) is 0 Å². The predicted molar refractivity (Wildman–Crippen MR) is 144 cm³/mol. The van der Waals surface area contributed by atoms with Crippen molar-refractivity contribution in [1.82, 2.24) is 0 Å². The number of hydrogen-bond donors (Lipinski definition) is 0. The first kappa shape index (κ1) is 38.1. The van der Waals surface area contributed by atoms with E-state index in [1.807, 2.05) is 58.1 Å². The fourth-order valence-electron chi connectivity index (χ4n) is 2.02. The van der Waals surface area contributed by atoms with Gasteiger partial charge in [0.1, 0.15) is 0 Å². The van der Waals surface area contributed by atoms with Gasteiger partial charge in [-0.05, 0) is 30.9 Å². The molecule has 0 unspecified atom stereocenters. The van der Waals surface area contributed by atoms with Crippen molar-refractivity contribution in [2.45, 2.75) is 107 Å². The quantitative estimate of drug-likeness (QED) is 0.323. The van der Waals surface area contributed by atoms with E-state index in [9.17, 15) is 0 Å². The highest BCUT2D eigenvalue weighted by Crippen LogP contribution is 2.22. The molecule has 0 aliphatic heterocycles. The van der Waals surface area contributed by atoms with Crippen molar-refractivity contribution in [3.63, 3.8) is 0 Å².